The Bertz CT molecular complexity index is 1630. The number of carbonyl (C=O) groups excluding carboxylic acids is 3. The smallest absolute Gasteiger partial charge is 0.335 e. The Labute approximate surface area is 250 Å². The highest BCUT2D eigenvalue weighted by molar-refractivity contribution is 9.10. The SMILES string of the molecule is Cc1ccc(COc2ccc(Br)cc2/C=C2\C(=O)NC(=O)N(c3ccc(OCc4ccc(Cl)cc4)cc3)C2=O)cc1. The summed E-state index contributed by atoms with van der Waals surface area (Å²) in [5.74, 6) is -0.515. The van der Waals surface area contributed by atoms with Gasteiger partial charge in [0.2, 0.25) is 0 Å². The number of hydrogen-bond donors (Lipinski definition) is 1. The number of barbiturate groups is 1. The zero-order valence-electron chi connectivity index (χ0n) is 21.9. The maximum Gasteiger partial charge on any atom is 0.335 e. The van der Waals surface area contributed by atoms with Crippen LogP contribution in [0.5, 0.6) is 11.5 Å². The van der Waals surface area contributed by atoms with E-state index in [1.807, 2.05) is 49.4 Å². The van der Waals surface area contributed by atoms with Gasteiger partial charge >= 0.3 is 6.03 Å². The van der Waals surface area contributed by atoms with Crippen molar-refractivity contribution in [3.8, 4) is 11.5 Å². The van der Waals surface area contributed by atoms with Gasteiger partial charge < -0.3 is 9.47 Å². The molecule has 0 atom stereocenters. The molecule has 4 aromatic rings. The van der Waals surface area contributed by atoms with E-state index in [1.165, 1.54) is 6.08 Å². The lowest BCUT2D eigenvalue weighted by Crippen LogP contribution is -2.54. The molecule has 0 unspecified atom stereocenters. The molecule has 41 heavy (non-hydrogen) atoms. The Morgan fingerprint density at radius 3 is 2.15 bits per heavy atom. The van der Waals surface area contributed by atoms with Gasteiger partial charge in [-0.25, -0.2) is 9.69 Å². The number of benzene rings is 4. The van der Waals surface area contributed by atoms with Gasteiger partial charge in [-0.15, -0.1) is 0 Å². The van der Waals surface area contributed by atoms with Crippen molar-refractivity contribution in [2.24, 2.45) is 0 Å². The third-order valence-electron chi connectivity index (χ3n) is 6.30. The highest BCUT2D eigenvalue weighted by Gasteiger charge is 2.37. The number of ether oxygens (including phenoxy) is 2. The Hall–Kier alpha value is -4.40. The van der Waals surface area contributed by atoms with E-state index in [0.717, 1.165) is 26.1 Å². The zero-order valence-corrected chi connectivity index (χ0v) is 24.2. The fraction of sp³-hybridized carbons (Fsp3) is 0.0938. The molecule has 0 spiro atoms. The number of halogens is 2. The lowest BCUT2D eigenvalue weighted by atomic mass is 10.1. The first kappa shape index (κ1) is 28.1. The summed E-state index contributed by atoms with van der Waals surface area (Å²) in [6.45, 7) is 2.63. The largest absolute Gasteiger partial charge is 0.489 e. The first-order valence-corrected chi connectivity index (χ1v) is 13.8. The van der Waals surface area contributed by atoms with E-state index in [9.17, 15) is 14.4 Å². The van der Waals surface area contributed by atoms with E-state index < -0.39 is 17.8 Å². The Kier molecular flexibility index (Phi) is 8.52. The number of nitrogens with zero attached hydrogens (tertiary/aromatic N) is 1. The molecular weight excluding hydrogens is 608 g/mol. The van der Waals surface area contributed by atoms with Gasteiger partial charge in [0, 0.05) is 15.1 Å². The predicted octanol–water partition coefficient (Wildman–Crippen LogP) is 7.24. The van der Waals surface area contributed by atoms with Crippen LogP contribution in [0.15, 0.2) is 101 Å². The Balaban J connectivity index is 1.35. The van der Waals surface area contributed by atoms with Gasteiger partial charge in [0.1, 0.15) is 30.3 Å². The molecule has 1 N–H and O–H groups in total. The zero-order chi connectivity index (χ0) is 28.9. The quantitative estimate of drug-likeness (QED) is 0.164. The summed E-state index contributed by atoms with van der Waals surface area (Å²) < 4.78 is 12.6. The van der Waals surface area contributed by atoms with Crippen LogP contribution in [0.4, 0.5) is 10.5 Å². The highest BCUT2D eigenvalue weighted by Crippen LogP contribution is 2.29. The van der Waals surface area contributed by atoms with Gasteiger partial charge in [-0.3, -0.25) is 14.9 Å². The lowest BCUT2D eigenvalue weighted by Gasteiger charge is -2.26. The second kappa shape index (κ2) is 12.4. The monoisotopic (exact) mass is 630 g/mol. The standard InChI is InChI=1S/C32H24BrClN2O5/c1-20-2-4-21(5-3-20)19-41-29-15-8-24(33)16-23(29)17-28-30(37)35-32(39)36(31(28)38)26-11-13-27(14-12-26)40-18-22-6-9-25(34)10-7-22/h2-17H,18-19H2,1H3,(H,35,37,39)/b28-17+. The van der Waals surface area contributed by atoms with E-state index >= 15 is 0 Å². The van der Waals surface area contributed by atoms with Gasteiger partial charge in [0.25, 0.3) is 11.8 Å². The van der Waals surface area contributed by atoms with Crippen LogP contribution >= 0.6 is 27.5 Å². The first-order chi connectivity index (χ1) is 19.8. The number of rotatable bonds is 8. The minimum absolute atomic E-state index is 0.203. The summed E-state index contributed by atoms with van der Waals surface area (Å²) in [4.78, 5) is 39.9. The van der Waals surface area contributed by atoms with Gasteiger partial charge in [0.15, 0.2) is 0 Å². The number of nitrogens with one attached hydrogen (secondary N) is 1. The van der Waals surface area contributed by atoms with Crippen LogP contribution in [0.1, 0.15) is 22.3 Å². The third-order valence-corrected chi connectivity index (χ3v) is 7.05. The molecule has 4 aromatic carbocycles. The second-order valence-corrected chi connectivity index (χ2v) is 10.7. The molecule has 4 amide bonds. The van der Waals surface area contributed by atoms with E-state index in [1.54, 1.807) is 48.5 Å². The molecule has 0 saturated carbocycles. The average molecular weight is 632 g/mol. The molecule has 1 saturated heterocycles. The molecular formula is C32H24BrClN2O5. The summed E-state index contributed by atoms with van der Waals surface area (Å²) >= 11 is 9.36. The Morgan fingerprint density at radius 2 is 1.46 bits per heavy atom. The minimum atomic E-state index is -0.836. The molecule has 9 heteroatoms. The third kappa shape index (κ3) is 6.85. The van der Waals surface area contributed by atoms with Crippen molar-refractivity contribution in [1.29, 1.82) is 0 Å². The van der Waals surface area contributed by atoms with Crippen molar-refractivity contribution < 1.29 is 23.9 Å². The molecule has 5 rings (SSSR count). The lowest BCUT2D eigenvalue weighted by molar-refractivity contribution is -0.122. The van der Waals surface area contributed by atoms with E-state index in [2.05, 4.69) is 21.2 Å². The molecule has 206 valence electrons. The number of urea groups is 1. The molecule has 0 aromatic heterocycles. The fourth-order valence-electron chi connectivity index (χ4n) is 4.10. The summed E-state index contributed by atoms with van der Waals surface area (Å²) in [6.07, 6.45) is 1.43. The van der Waals surface area contributed by atoms with Crippen LogP contribution in [-0.2, 0) is 22.8 Å². The molecule has 1 aliphatic heterocycles. The van der Waals surface area contributed by atoms with Crippen molar-refractivity contribution in [3.05, 3.63) is 128 Å². The molecule has 0 bridgehead atoms. The van der Waals surface area contributed by atoms with Gasteiger partial charge in [0.05, 0.1) is 5.69 Å². The highest BCUT2D eigenvalue weighted by atomic mass is 79.9. The maximum absolute atomic E-state index is 13.5. The van der Waals surface area contributed by atoms with Crippen molar-refractivity contribution in [1.82, 2.24) is 5.32 Å². The number of aryl methyl sites for hydroxylation is 1. The van der Waals surface area contributed by atoms with Gasteiger partial charge in [-0.05, 0) is 78.7 Å². The molecule has 0 radical (unpaired) electrons. The van der Waals surface area contributed by atoms with E-state index in [4.69, 9.17) is 21.1 Å². The summed E-state index contributed by atoms with van der Waals surface area (Å²) in [7, 11) is 0. The predicted molar refractivity (Wildman–Crippen MR) is 161 cm³/mol. The van der Waals surface area contributed by atoms with Crippen LogP contribution in [0.25, 0.3) is 6.08 Å². The van der Waals surface area contributed by atoms with Gasteiger partial charge in [-0.2, -0.15) is 0 Å². The number of amides is 4. The minimum Gasteiger partial charge on any atom is -0.489 e. The van der Waals surface area contributed by atoms with Crippen molar-refractivity contribution in [2.75, 3.05) is 4.90 Å². The fourth-order valence-corrected chi connectivity index (χ4v) is 4.60. The van der Waals surface area contributed by atoms with Crippen LogP contribution in [0.2, 0.25) is 5.02 Å². The summed E-state index contributed by atoms with van der Waals surface area (Å²) in [5.41, 5.74) is 3.64. The van der Waals surface area contributed by atoms with Gasteiger partial charge in [-0.1, -0.05) is 69.5 Å². The molecule has 1 fully saturated rings. The van der Waals surface area contributed by atoms with Crippen LogP contribution in [-0.4, -0.2) is 17.8 Å². The van der Waals surface area contributed by atoms with E-state index in [-0.39, 0.29) is 11.3 Å². The molecule has 0 aliphatic carbocycles. The number of anilines is 1. The number of hydrogen-bond acceptors (Lipinski definition) is 5. The van der Waals surface area contributed by atoms with Crippen molar-refractivity contribution >= 4 is 57.1 Å². The van der Waals surface area contributed by atoms with Crippen molar-refractivity contribution in [3.63, 3.8) is 0 Å². The van der Waals surface area contributed by atoms with Crippen LogP contribution in [0.3, 0.4) is 0 Å². The Morgan fingerprint density at radius 1 is 0.829 bits per heavy atom. The second-order valence-electron chi connectivity index (χ2n) is 9.32. The van der Waals surface area contributed by atoms with Crippen molar-refractivity contribution in [2.45, 2.75) is 20.1 Å². The maximum atomic E-state index is 13.5. The van der Waals surface area contributed by atoms with E-state index in [0.29, 0.717) is 35.3 Å². The average Bonchev–Trinajstić information content (AvgIpc) is 2.96. The normalized spacial score (nSPS) is 14.3. The molecule has 1 aliphatic rings. The first-order valence-electron chi connectivity index (χ1n) is 12.6. The van der Waals surface area contributed by atoms with Crippen LogP contribution in [0, 0.1) is 6.92 Å². The van der Waals surface area contributed by atoms with Crippen LogP contribution < -0.4 is 19.7 Å². The molecule has 7 nitrogen and oxygen atoms in total. The summed E-state index contributed by atoms with van der Waals surface area (Å²) in [5, 5.41) is 2.90. The number of imide groups is 2. The topological polar surface area (TPSA) is 84.9 Å². The number of carbonyl (C=O) groups is 3. The summed E-state index contributed by atoms with van der Waals surface area (Å²) in [6, 6.07) is 26.2. The molecule has 1 heterocycles.